The van der Waals surface area contributed by atoms with Crippen molar-refractivity contribution in [2.75, 3.05) is 18.9 Å². The maximum atomic E-state index is 13.4. The lowest BCUT2D eigenvalue weighted by atomic mass is 10.1. The van der Waals surface area contributed by atoms with E-state index in [0.717, 1.165) is 30.6 Å². The van der Waals surface area contributed by atoms with Crippen LogP contribution in [-0.4, -0.2) is 40.5 Å². The van der Waals surface area contributed by atoms with Crippen molar-refractivity contribution >= 4 is 39.2 Å². The topological polar surface area (TPSA) is 73.2 Å². The molecule has 0 unspecified atom stereocenters. The predicted molar refractivity (Wildman–Crippen MR) is 127 cm³/mol. The van der Waals surface area contributed by atoms with Crippen LogP contribution < -0.4 is 10.9 Å². The van der Waals surface area contributed by atoms with E-state index in [4.69, 9.17) is 9.72 Å². The monoisotopic (exact) mass is 455 g/mol. The van der Waals surface area contributed by atoms with Crippen LogP contribution in [0.5, 0.6) is 0 Å². The molecule has 1 aliphatic rings. The molecule has 0 spiro atoms. The summed E-state index contributed by atoms with van der Waals surface area (Å²) in [6, 6.07) is 8.12. The number of rotatable bonds is 8. The summed E-state index contributed by atoms with van der Waals surface area (Å²) >= 11 is 2.72. The Balaban J connectivity index is 1.57. The highest BCUT2D eigenvalue weighted by atomic mass is 32.2. The molecule has 1 aromatic carbocycles. The Hall–Kier alpha value is -2.42. The normalized spacial score (nSPS) is 16.0. The van der Waals surface area contributed by atoms with E-state index >= 15 is 0 Å². The van der Waals surface area contributed by atoms with E-state index in [-0.39, 0.29) is 23.3 Å². The van der Waals surface area contributed by atoms with E-state index < -0.39 is 0 Å². The molecule has 3 heterocycles. The molecule has 3 aromatic rings. The number of carbonyl (C=O) groups is 1. The summed E-state index contributed by atoms with van der Waals surface area (Å²) in [5, 5.41) is 6.03. The van der Waals surface area contributed by atoms with E-state index in [1.165, 1.54) is 28.7 Å². The first-order valence-corrected chi connectivity index (χ1v) is 12.1. The minimum atomic E-state index is -0.107. The lowest BCUT2D eigenvalue weighted by molar-refractivity contribution is -0.119. The summed E-state index contributed by atoms with van der Waals surface area (Å²) in [6.45, 7) is 7.44. The number of ether oxygens (including phenoxy) is 1. The molecule has 1 N–H and O–H groups in total. The molecule has 0 aliphatic carbocycles. The number of aryl methyl sites for hydroxylation is 1. The van der Waals surface area contributed by atoms with Gasteiger partial charge in [0.1, 0.15) is 4.83 Å². The molecule has 1 fully saturated rings. The molecule has 1 atom stereocenters. The van der Waals surface area contributed by atoms with Gasteiger partial charge in [-0.25, -0.2) is 4.98 Å². The molecule has 1 aliphatic heterocycles. The second-order valence-corrected chi connectivity index (χ2v) is 9.32. The molecule has 0 bridgehead atoms. The van der Waals surface area contributed by atoms with Gasteiger partial charge in [-0.3, -0.25) is 14.2 Å². The number of nitrogens with zero attached hydrogens (tertiary/aromatic N) is 2. The molecule has 162 valence electrons. The fourth-order valence-electron chi connectivity index (χ4n) is 3.57. The van der Waals surface area contributed by atoms with Gasteiger partial charge in [0.15, 0.2) is 5.16 Å². The van der Waals surface area contributed by atoms with Gasteiger partial charge in [0, 0.05) is 30.6 Å². The minimum Gasteiger partial charge on any atom is -0.376 e. The van der Waals surface area contributed by atoms with Crippen LogP contribution in [0.25, 0.3) is 21.3 Å². The first-order valence-electron chi connectivity index (χ1n) is 10.3. The maximum absolute atomic E-state index is 13.4. The molecule has 4 rings (SSSR count). The van der Waals surface area contributed by atoms with Crippen LogP contribution in [0.2, 0.25) is 0 Å². The number of benzene rings is 1. The molecule has 6 nitrogen and oxygen atoms in total. The second-order valence-electron chi connectivity index (χ2n) is 7.52. The molecule has 8 heteroatoms. The summed E-state index contributed by atoms with van der Waals surface area (Å²) in [5.74, 6) is 0.101. The third-order valence-electron chi connectivity index (χ3n) is 5.22. The van der Waals surface area contributed by atoms with Crippen LogP contribution in [0.1, 0.15) is 18.4 Å². The molecule has 1 amide bonds. The molecular formula is C23H25N3O3S2. The summed E-state index contributed by atoms with van der Waals surface area (Å²) in [7, 11) is 0. The van der Waals surface area contributed by atoms with Gasteiger partial charge in [-0.15, -0.1) is 17.9 Å². The minimum absolute atomic E-state index is 0.0912. The average molecular weight is 456 g/mol. The SMILES string of the molecule is C=CCn1c(SCC(=O)NC[C@@H]2CCCO2)nc2scc(-c3ccc(C)cc3)c2c1=O. The van der Waals surface area contributed by atoms with Gasteiger partial charge in [-0.1, -0.05) is 47.7 Å². The number of thiophene rings is 1. The third-order valence-corrected chi connectivity index (χ3v) is 7.06. The van der Waals surface area contributed by atoms with E-state index in [1.54, 1.807) is 10.6 Å². The van der Waals surface area contributed by atoms with Crippen molar-refractivity contribution in [1.82, 2.24) is 14.9 Å². The quantitative estimate of drug-likeness (QED) is 0.316. The molecule has 0 radical (unpaired) electrons. The molecule has 0 saturated carbocycles. The van der Waals surface area contributed by atoms with Gasteiger partial charge in [-0.2, -0.15) is 0 Å². The van der Waals surface area contributed by atoms with E-state index in [2.05, 4.69) is 11.9 Å². The number of hydrogen-bond acceptors (Lipinski definition) is 6. The third kappa shape index (κ3) is 4.92. The summed E-state index contributed by atoms with van der Waals surface area (Å²) in [5.41, 5.74) is 2.95. The van der Waals surface area contributed by atoms with Crippen molar-refractivity contribution in [3.8, 4) is 11.1 Å². The van der Waals surface area contributed by atoms with Crippen LogP contribution in [0.4, 0.5) is 0 Å². The Morgan fingerprint density at radius 3 is 2.94 bits per heavy atom. The van der Waals surface area contributed by atoms with Crippen molar-refractivity contribution in [2.24, 2.45) is 0 Å². The number of hydrogen-bond donors (Lipinski definition) is 1. The molecule has 1 saturated heterocycles. The van der Waals surface area contributed by atoms with Crippen molar-refractivity contribution in [3.05, 3.63) is 58.2 Å². The van der Waals surface area contributed by atoms with Crippen LogP contribution in [0.15, 0.2) is 52.3 Å². The van der Waals surface area contributed by atoms with Crippen LogP contribution >= 0.6 is 23.1 Å². The zero-order chi connectivity index (χ0) is 21.8. The fourth-order valence-corrected chi connectivity index (χ4v) is 5.39. The van der Waals surface area contributed by atoms with E-state index in [0.29, 0.717) is 28.5 Å². The predicted octanol–water partition coefficient (Wildman–Crippen LogP) is 4.01. The molecular weight excluding hydrogens is 430 g/mol. The first-order chi connectivity index (χ1) is 15.1. The maximum Gasteiger partial charge on any atom is 0.263 e. The molecule has 31 heavy (non-hydrogen) atoms. The van der Waals surface area contributed by atoms with Gasteiger partial charge in [0.25, 0.3) is 5.56 Å². The zero-order valence-corrected chi connectivity index (χ0v) is 19.1. The highest BCUT2D eigenvalue weighted by Crippen LogP contribution is 2.32. The average Bonchev–Trinajstić information content (AvgIpc) is 3.44. The summed E-state index contributed by atoms with van der Waals surface area (Å²) in [4.78, 5) is 31.0. The van der Waals surface area contributed by atoms with Gasteiger partial charge < -0.3 is 10.1 Å². The Morgan fingerprint density at radius 1 is 1.42 bits per heavy atom. The Labute approximate surface area is 189 Å². The van der Waals surface area contributed by atoms with Gasteiger partial charge in [-0.05, 0) is 25.3 Å². The number of carbonyl (C=O) groups excluding carboxylic acids is 1. The van der Waals surface area contributed by atoms with Gasteiger partial charge in [0.05, 0.1) is 17.2 Å². The number of allylic oxidation sites excluding steroid dienone is 1. The summed E-state index contributed by atoms with van der Waals surface area (Å²) < 4.78 is 7.13. The Kier molecular flexibility index (Phi) is 6.89. The number of fused-ring (bicyclic) bond motifs is 1. The van der Waals surface area contributed by atoms with Crippen molar-refractivity contribution in [1.29, 1.82) is 0 Å². The lowest BCUT2D eigenvalue weighted by Crippen LogP contribution is -2.33. The standard InChI is InChI=1S/C23H25N3O3S2/c1-3-10-26-22(28)20-18(16-8-6-15(2)7-9-16)13-30-21(20)25-23(26)31-14-19(27)24-12-17-5-4-11-29-17/h3,6-9,13,17H,1,4-5,10-12,14H2,2H3,(H,24,27)/t17-/m0/s1. The Morgan fingerprint density at radius 2 is 2.23 bits per heavy atom. The largest absolute Gasteiger partial charge is 0.376 e. The van der Waals surface area contributed by atoms with Crippen LogP contribution in [-0.2, 0) is 16.1 Å². The zero-order valence-electron chi connectivity index (χ0n) is 17.4. The van der Waals surface area contributed by atoms with E-state index in [9.17, 15) is 9.59 Å². The van der Waals surface area contributed by atoms with Crippen molar-refractivity contribution in [3.63, 3.8) is 0 Å². The number of aromatic nitrogens is 2. The number of thioether (sulfide) groups is 1. The summed E-state index contributed by atoms with van der Waals surface area (Å²) in [6.07, 6.45) is 3.80. The van der Waals surface area contributed by atoms with Crippen molar-refractivity contribution < 1.29 is 9.53 Å². The number of nitrogens with one attached hydrogen (secondary N) is 1. The van der Waals surface area contributed by atoms with Crippen LogP contribution in [0, 0.1) is 6.92 Å². The Bertz CT molecular complexity index is 1150. The number of amides is 1. The molecule has 2 aromatic heterocycles. The highest BCUT2D eigenvalue weighted by Gasteiger charge is 2.19. The fraction of sp³-hybridized carbons (Fsp3) is 0.348. The van der Waals surface area contributed by atoms with Gasteiger partial charge >= 0.3 is 0 Å². The highest BCUT2D eigenvalue weighted by molar-refractivity contribution is 7.99. The van der Waals surface area contributed by atoms with Gasteiger partial charge in [0.2, 0.25) is 5.91 Å². The lowest BCUT2D eigenvalue weighted by Gasteiger charge is -2.12. The van der Waals surface area contributed by atoms with Crippen molar-refractivity contribution in [2.45, 2.75) is 37.6 Å². The first kappa shape index (κ1) is 21.8. The van der Waals surface area contributed by atoms with E-state index in [1.807, 2.05) is 36.6 Å². The van der Waals surface area contributed by atoms with Crippen LogP contribution in [0.3, 0.4) is 0 Å². The smallest absolute Gasteiger partial charge is 0.263 e. The second kappa shape index (κ2) is 9.80.